The molecule has 0 amide bonds. The minimum absolute atomic E-state index is 0.00983. The van der Waals surface area contributed by atoms with Crippen LogP contribution >= 0.6 is 46.4 Å². The first-order valence-electron chi connectivity index (χ1n) is 5.29. The molecule has 1 aromatic rings. The molecule has 0 atom stereocenters. The van der Waals surface area contributed by atoms with Crippen LogP contribution in [0.5, 0.6) is 0 Å². The van der Waals surface area contributed by atoms with Crippen molar-refractivity contribution in [3.63, 3.8) is 0 Å². The predicted octanol–water partition coefficient (Wildman–Crippen LogP) is 3.94. The van der Waals surface area contributed by atoms with Gasteiger partial charge in [-0.3, -0.25) is 0 Å². The molecule has 0 saturated carbocycles. The van der Waals surface area contributed by atoms with Crippen molar-refractivity contribution < 1.29 is 19.1 Å². The number of nitrogens with one attached hydrogen (secondary N) is 1. The third-order valence-electron chi connectivity index (χ3n) is 2.24. The van der Waals surface area contributed by atoms with Gasteiger partial charge in [0, 0.05) is 0 Å². The highest BCUT2D eigenvalue weighted by Crippen LogP contribution is 2.41. The third-order valence-corrected chi connectivity index (χ3v) is 3.99. The summed E-state index contributed by atoms with van der Waals surface area (Å²) >= 11 is 23.6. The maximum atomic E-state index is 11.6. The van der Waals surface area contributed by atoms with Crippen LogP contribution in [0.3, 0.4) is 0 Å². The smallest absolute Gasteiger partial charge is 0.354 e. The van der Waals surface area contributed by atoms with Crippen molar-refractivity contribution in [2.45, 2.75) is 0 Å². The van der Waals surface area contributed by atoms with Crippen LogP contribution in [0.2, 0.25) is 20.1 Å². The van der Waals surface area contributed by atoms with E-state index < -0.39 is 11.9 Å². The Morgan fingerprint density at radius 1 is 1.05 bits per heavy atom. The highest BCUT2D eigenvalue weighted by molar-refractivity contribution is 6.52. The molecule has 5 nitrogen and oxygen atoms in total. The lowest BCUT2D eigenvalue weighted by Crippen LogP contribution is -2.15. The van der Waals surface area contributed by atoms with Gasteiger partial charge in [-0.1, -0.05) is 46.4 Å². The van der Waals surface area contributed by atoms with Gasteiger partial charge in [0.1, 0.15) is 5.70 Å². The second kappa shape index (κ2) is 7.75. The van der Waals surface area contributed by atoms with Gasteiger partial charge in [-0.2, -0.15) is 0 Å². The summed E-state index contributed by atoms with van der Waals surface area (Å²) in [6.45, 7) is 0. The molecule has 21 heavy (non-hydrogen) atoms. The lowest BCUT2D eigenvalue weighted by Gasteiger charge is -2.13. The van der Waals surface area contributed by atoms with Gasteiger partial charge in [0.05, 0.1) is 46.1 Å². The number of rotatable bonds is 4. The Balaban J connectivity index is 3.25. The Kier molecular flexibility index (Phi) is 6.61. The number of anilines is 1. The highest BCUT2D eigenvalue weighted by atomic mass is 35.5. The monoisotopic (exact) mass is 371 g/mol. The SMILES string of the molecule is COC(=O)/C=C(/Nc1cc(Cl)c(Cl)c(Cl)c1Cl)C(=O)OC. The fourth-order valence-corrected chi connectivity index (χ4v) is 2.09. The Morgan fingerprint density at radius 2 is 1.67 bits per heavy atom. The standard InChI is InChI=1S/C12H9Cl4NO4/c1-20-8(18)4-7(12(19)21-2)17-6-3-5(13)9(14)11(16)10(6)15/h3-4,17H,1-2H3/b7-4+. The van der Waals surface area contributed by atoms with Crippen LogP contribution in [-0.4, -0.2) is 26.2 Å². The minimum atomic E-state index is -0.807. The number of methoxy groups -OCH3 is 2. The van der Waals surface area contributed by atoms with E-state index in [1.165, 1.54) is 6.07 Å². The molecule has 1 N–H and O–H groups in total. The van der Waals surface area contributed by atoms with Gasteiger partial charge in [-0.15, -0.1) is 0 Å². The van der Waals surface area contributed by atoms with Gasteiger partial charge in [-0.05, 0) is 6.07 Å². The third kappa shape index (κ3) is 4.41. The van der Waals surface area contributed by atoms with E-state index in [4.69, 9.17) is 46.4 Å². The quantitative estimate of drug-likeness (QED) is 0.375. The van der Waals surface area contributed by atoms with Gasteiger partial charge >= 0.3 is 11.9 Å². The first-order chi connectivity index (χ1) is 9.81. The number of carbonyl (C=O) groups excluding carboxylic acids is 2. The maximum absolute atomic E-state index is 11.6. The van der Waals surface area contributed by atoms with Gasteiger partial charge in [0.25, 0.3) is 0 Å². The van der Waals surface area contributed by atoms with Crippen molar-refractivity contribution in [1.29, 1.82) is 0 Å². The second-order valence-corrected chi connectivity index (χ2v) is 5.09. The molecule has 0 fully saturated rings. The lowest BCUT2D eigenvalue weighted by molar-refractivity contribution is -0.138. The van der Waals surface area contributed by atoms with E-state index in [1.54, 1.807) is 0 Å². The van der Waals surface area contributed by atoms with E-state index in [2.05, 4.69) is 14.8 Å². The van der Waals surface area contributed by atoms with Gasteiger partial charge in [0.15, 0.2) is 0 Å². The van der Waals surface area contributed by atoms with Crippen molar-refractivity contribution in [2.75, 3.05) is 19.5 Å². The summed E-state index contributed by atoms with van der Waals surface area (Å²) in [4.78, 5) is 22.9. The topological polar surface area (TPSA) is 64.6 Å². The Bertz CT molecular complexity index is 616. The number of benzene rings is 1. The zero-order chi connectivity index (χ0) is 16.2. The van der Waals surface area contributed by atoms with E-state index in [0.717, 1.165) is 20.3 Å². The van der Waals surface area contributed by atoms with Crippen molar-refractivity contribution in [2.24, 2.45) is 0 Å². The van der Waals surface area contributed by atoms with Crippen LogP contribution < -0.4 is 5.32 Å². The number of ether oxygens (including phenoxy) is 2. The Labute approximate surface area is 140 Å². The normalized spacial score (nSPS) is 11.0. The molecule has 114 valence electrons. The van der Waals surface area contributed by atoms with Crippen LogP contribution in [0.15, 0.2) is 17.8 Å². The molecule has 0 saturated heterocycles. The first kappa shape index (κ1) is 17.9. The molecule has 0 aliphatic rings. The number of hydrogen-bond acceptors (Lipinski definition) is 5. The summed E-state index contributed by atoms with van der Waals surface area (Å²) in [5.41, 5.74) is -0.0303. The average Bonchev–Trinajstić information content (AvgIpc) is 2.48. The first-order valence-corrected chi connectivity index (χ1v) is 6.81. The van der Waals surface area contributed by atoms with E-state index in [-0.39, 0.29) is 31.5 Å². The summed E-state index contributed by atoms with van der Waals surface area (Å²) in [6.07, 6.45) is 0.901. The molecule has 0 spiro atoms. The molecule has 0 unspecified atom stereocenters. The Morgan fingerprint density at radius 3 is 2.19 bits per heavy atom. The largest absolute Gasteiger partial charge is 0.466 e. The van der Waals surface area contributed by atoms with Crippen molar-refractivity contribution in [3.8, 4) is 0 Å². The van der Waals surface area contributed by atoms with Gasteiger partial charge in [-0.25, -0.2) is 9.59 Å². The molecule has 0 bridgehead atoms. The van der Waals surface area contributed by atoms with Crippen molar-refractivity contribution in [1.82, 2.24) is 0 Å². The van der Waals surface area contributed by atoms with Crippen LogP contribution in [-0.2, 0) is 19.1 Å². The van der Waals surface area contributed by atoms with Crippen LogP contribution in [0.25, 0.3) is 0 Å². The highest BCUT2D eigenvalue weighted by Gasteiger charge is 2.18. The van der Waals surface area contributed by atoms with E-state index in [1.807, 2.05) is 0 Å². The number of hydrogen-bond donors (Lipinski definition) is 1. The lowest BCUT2D eigenvalue weighted by atomic mass is 10.3. The predicted molar refractivity (Wildman–Crippen MR) is 82.2 cm³/mol. The summed E-state index contributed by atoms with van der Waals surface area (Å²) in [6, 6.07) is 1.35. The summed E-state index contributed by atoms with van der Waals surface area (Å²) in [5, 5.41) is 2.84. The van der Waals surface area contributed by atoms with Gasteiger partial charge in [0.2, 0.25) is 0 Å². The number of halogens is 4. The fraction of sp³-hybridized carbons (Fsp3) is 0.167. The molecule has 1 aromatic carbocycles. The molecule has 0 aromatic heterocycles. The summed E-state index contributed by atoms with van der Waals surface area (Å²) in [7, 11) is 2.31. The molecular weight excluding hydrogens is 364 g/mol. The van der Waals surface area contributed by atoms with Crippen molar-refractivity contribution in [3.05, 3.63) is 37.9 Å². The average molecular weight is 373 g/mol. The number of carbonyl (C=O) groups is 2. The van der Waals surface area contributed by atoms with Crippen LogP contribution in [0.1, 0.15) is 0 Å². The molecule has 9 heteroatoms. The van der Waals surface area contributed by atoms with E-state index in [9.17, 15) is 9.59 Å². The zero-order valence-electron chi connectivity index (χ0n) is 10.8. The van der Waals surface area contributed by atoms with E-state index >= 15 is 0 Å². The second-order valence-electron chi connectivity index (χ2n) is 3.55. The van der Waals surface area contributed by atoms with Crippen LogP contribution in [0.4, 0.5) is 5.69 Å². The van der Waals surface area contributed by atoms with Crippen molar-refractivity contribution >= 4 is 64.0 Å². The molecular formula is C12H9Cl4NO4. The molecule has 0 aliphatic carbocycles. The minimum Gasteiger partial charge on any atom is -0.466 e. The maximum Gasteiger partial charge on any atom is 0.354 e. The zero-order valence-corrected chi connectivity index (χ0v) is 13.8. The molecule has 0 heterocycles. The number of esters is 2. The van der Waals surface area contributed by atoms with E-state index in [0.29, 0.717) is 0 Å². The molecule has 0 aliphatic heterocycles. The Hall–Kier alpha value is -1.14. The fourth-order valence-electron chi connectivity index (χ4n) is 1.24. The molecule has 1 rings (SSSR count). The van der Waals surface area contributed by atoms with Crippen LogP contribution in [0, 0.1) is 0 Å². The van der Waals surface area contributed by atoms with Gasteiger partial charge < -0.3 is 14.8 Å². The summed E-state index contributed by atoms with van der Waals surface area (Å²) < 4.78 is 8.98. The summed E-state index contributed by atoms with van der Waals surface area (Å²) in [5.74, 6) is -1.57. The molecule has 0 radical (unpaired) electrons.